The first-order valence-corrected chi connectivity index (χ1v) is 12.2. The van der Waals surface area contributed by atoms with Gasteiger partial charge < -0.3 is 14.0 Å². The molecule has 0 saturated heterocycles. The number of aromatic nitrogens is 1. The van der Waals surface area contributed by atoms with Crippen LogP contribution in [-0.2, 0) is 22.5 Å². The minimum absolute atomic E-state index is 0.0628. The van der Waals surface area contributed by atoms with Gasteiger partial charge in [0.05, 0.1) is 11.2 Å². The number of halogens is 5. The molecule has 36 heavy (non-hydrogen) atoms. The van der Waals surface area contributed by atoms with Crippen LogP contribution in [0, 0.1) is 11.6 Å². The Morgan fingerprint density at radius 2 is 1.83 bits per heavy atom. The molecule has 0 saturated carbocycles. The maximum atomic E-state index is 14.3. The van der Waals surface area contributed by atoms with E-state index in [1.807, 2.05) is 0 Å². The molecule has 1 aliphatic carbocycles. The molecule has 0 amide bonds. The minimum Gasteiger partial charge on any atom is -0.478 e. The zero-order valence-electron chi connectivity index (χ0n) is 19.4. The number of pyridine rings is 1. The number of alkyl halides is 3. The van der Waals surface area contributed by atoms with Gasteiger partial charge in [0.15, 0.2) is 23.9 Å². The molecule has 13 heteroatoms. The highest BCUT2D eigenvalue weighted by molar-refractivity contribution is 7.89. The third kappa shape index (κ3) is 6.25. The van der Waals surface area contributed by atoms with Gasteiger partial charge in [-0.05, 0) is 49.8 Å². The molecule has 2 aromatic rings. The molecule has 1 atom stereocenters. The van der Waals surface area contributed by atoms with E-state index in [1.54, 1.807) is 6.92 Å². The number of rotatable bonds is 8. The minimum atomic E-state index is -4.70. The summed E-state index contributed by atoms with van der Waals surface area (Å²) in [6.07, 6.45) is -0.690. The van der Waals surface area contributed by atoms with Crippen LogP contribution in [0.3, 0.4) is 0 Å². The lowest BCUT2D eigenvalue weighted by molar-refractivity contribution is -0.153. The van der Waals surface area contributed by atoms with Crippen molar-refractivity contribution in [2.45, 2.75) is 31.9 Å². The Hall–Kier alpha value is -3.35. The molecule has 0 bridgehead atoms. The van der Waals surface area contributed by atoms with E-state index in [1.165, 1.54) is 32.3 Å². The van der Waals surface area contributed by atoms with Gasteiger partial charge in [-0.1, -0.05) is 0 Å². The summed E-state index contributed by atoms with van der Waals surface area (Å²) in [6, 6.07) is 3.75. The quantitative estimate of drug-likeness (QED) is 0.517. The molecule has 1 heterocycles. The number of hydrogen-bond donors (Lipinski definition) is 1. The molecule has 196 valence electrons. The first-order chi connectivity index (χ1) is 16.6. The lowest BCUT2D eigenvalue weighted by Gasteiger charge is -2.36. The molecule has 3 rings (SSSR count). The van der Waals surface area contributed by atoms with Crippen LogP contribution in [0.15, 0.2) is 58.9 Å². The molecule has 0 spiro atoms. The fourth-order valence-corrected chi connectivity index (χ4v) is 4.23. The predicted molar refractivity (Wildman–Crippen MR) is 121 cm³/mol. The van der Waals surface area contributed by atoms with Crippen molar-refractivity contribution in [3.63, 3.8) is 0 Å². The molecular weight excluding hydrogens is 511 g/mol. The van der Waals surface area contributed by atoms with Crippen molar-refractivity contribution in [1.82, 2.24) is 9.29 Å². The van der Waals surface area contributed by atoms with Gasteiger partial charge in [0.25, 0.3) is 5.56 Å². The fraction of sp³-hybridized carbons (Fsp3) is 0.348. The summed E-state index contributed by atoms with van der Waals surface area (Å²) in [5.41, 5.74) is -1.71. The number of nitrogens with zero attached hydrogens (tertiary/aromatic N) is 1. The number of allylic oxidation sites excluding steroid dienone is 4. The maximum absolute atomic E-state index is 14.3. The summed E-state index contributed by atoms with van der Waals surface area (Å²) < 4.78 is 104. The van der Waals surface area contributed by atoms with Crippen molar-refractivity contribution in [1.29, 1.82) is 0 Å². The standard InChI is InChI=1S/C23H23F5N2O5S/c1-4-36(32,33)29-16-6-8-20(35-18-7-5-15(24)10-17(18)25)22(2,11-16)14-9-19(21(31)30(3)12-14)34-13-23(26,27)28/h5-10,12,29H,4,11,13H2,1-3H3. The number of benzene rings is 1. The van der Waals surface area contributed by atoms with Crippen LogP contribution < -0.4 is 19.8 Å². The molecule has 1 aromatic heterocycles. The Kier molecular flexibility index (Phi) is 7.53. The second-order valence-corrected chi connectivity index (χ2v) is 10.3. The molecule has 1 aliphatic rings. The van der Waals surface area contributed by atoms with Crippen LogP contribution >= 0.6 is 0 Å². The molecule has 0 radical (unpaired) electrons. The highest BCUT2D eigenvalue weighted by Crippen LogP contribution is 2.42. The van der Waals surface area contributed by atoms with E-state index in [4.69, 9.17) is 9.47 Å². The molecular formula is C23H23F5N2O5S. The number of sulfonamides is 1. The van der Waals surface area contributed by atoms with Gasteiger partial charge in [0.2, 0.25) is 10.0 Å². The maximum Gasteiger partial charge on any atom is 0.422 e. The summed E-state index contributed by atoms with van der Waals surface area (Å²) in [4.78, 5) is 12.4. The van der Waals surface area contributed by atoms with Gasteiger partial charge in [-0.2, -0.15) is 13.2 Å². The Balaban J connectivity index is 2.11. The highest BCUT2D eigenvalue weighted by Gasteiger charge is 2.39. The number of aryl methyl sites for hydroxylation is 1. The Morgan fingerprint density at radius 3 is 2.44 bits per heavy atom. The van der Waals surface area contributed by atoms with Crippen LogP contribution in [0.1, 0.15) is 25.8 Å². The Labute approximate surface area is 203 Å². The van der Waals surface area contributed by atoms with Crippen molar-refractivity contribution in [2.75, 3.05) is 12.4 Å². The third-order valence-electron chi connectivity index (χ3n) is 5.48. The third-order valence-corrected chi connectivity index (χ3v) is 6.82. The zero-order valence-corrected chi connectivity index (χ0v) is 20.3. The summed E-state index contributed by atoms with van der Waals surface area (Å²) in [5.74, 6) is -2.92. The normalized spacial score (nSPS) is 18.3. The van der Waals surface area contributed by atoms with Gasteiger partial charge in [0.1, 0.15) is 11.6 Å². The van der Waals surface area contributed by atoms with Gasteiger partial charge in [-0.25, -0.2) is 17.2 Å². The van der Waals surface area contributed by atoms with E-state index in [-0.39, 0.29) is 34.9 Å². The van der Waals surface area contributed by atoms with E-state index < -0.39 is 51.2 Å². The zero-order chi connectivity index (χ0) is 26.9. The first kappa shape index (κ1) is 27.2. The topological polar surface area (TPSA) is 86.6 Å². The van der Waals surface area contributed by atoms with E-state index >= 15 is 0 Å². The van der Waals surface area contributed by atoms with Gasteiger partial charge in [-0.15, -0.1) is 0 Å². The summed E-state index contributed by atoms with van der Waals surface area (Å²) in [6.45, 7) is 1.30. The second kappa shape index (κ2) is 9.96. The van der Waals surface area contributed by atoms with Crippen molar-refractivity contribution in [2.24, 2.45) is 7.05 Å². The lowest BCUT2D eigenvalue weighted by Crippen LogP contribution is -2.37. The molecule has 7 nitrogen and oxygen atoms in total. The van der Waals surface area contributed by atoms with Crippen molar-refractivity contribution in [3.8, 4) is 11.5 Å². The van der Waals surface area contributed by atoms with Gasteiger partial charge in [0, 0.05) is 31.4 Å². The SMILES string of the molecule is CCS(=O)(=O)NC1=CC=C(Oc2ccc(F)cc2F)C(C)(c2cc(OCC(F)(F)F)c(=O)n(C)c2)C1. The van der Waals surface area contributed by atoms with Crippen LogP contribution in [0.5, 0.6) is 11.5 Å². The van der Waals surface area contributed by atoms with E-state index in [0.29, 0.717) is 6.07 Å². The van der Waals surface area contributed by atoms with Crippen LogP contribution in [0.2, 0.25) is 0 Å². The van der Waals surface area contributed by atoms with Crippen molar-refractivity contribution < 1.29 is 39.8 Å². The Morgan fingerprint density at radius 1 is 1.14 bits per heavy atom. The molecule has 1 aromatic carbocycles. The van der Waals surface area contributed by atoms with Crippen LogP contribution in [-0.4, -0.2) is 31.5 Å². The number of nitrogens with one attached hydrogen (secondary N) is 1. The first-order valence-electron chi connectivity index (χ1n) is 10.6. The van der Waals surface area contributed by atoms with Gasteiger partial charge in [-0.3, -0.25) is 9.52 Å². The Bertz CT molecular complexity index is 1380. The fourth-order valence-electron chi connectivity index (χ4n) is 3.54. The largest absolute Gasteiger partial charge is 0.478 e. The molecule has 1 unspecified atom stereocenters. The number of hydrogen-bond acceptors (Lipinski definition) is 5. The molecule has 0 fully saturated rings. The smallest absolute Gasteiger partial charge is 0.422 e. The monoisotopic (exact) mass is 534 g/mol. The lowest BCUT2D eigenvalue weighted by atomic mass is 9.75. The summed E-state index contributed by atoms with van der Waals surface area (Å²) >= 11 is 0. The molecule has 1 N–H and O–H groups in total. The summed E-state index contributed by atoms with van der Waals surface area (Å²) in [7, 11) is -2.38. The van der Waals surface area contributed by atoms with E-state index in [9.17, 15) is 35.2 Å². The van der Waals surface area contributed by atoms with Gasteiger partial charge >= 0.3 is 6.18 Å². The average Bonchev–Trinajstić information content (AvgIpc) is 2.77. The van der Waals surface area contributed by atoms with E-state index in [0.717, 1.165) is 22.8 Å². The van der Waals surface area contributed by atoms with Crippen molar-refractivity contribution >= 4 is 10.0 Å². The molecule has 0 aliphatic heterocycles. The van der Waals surface area contributed by atoms with Crippen molar-refractivity contribution in [3.05, 3.63) is 81.6 Å². The predicted octanol–water partition coefficient (Wildman–Crippen LogP) is 4.05. The van der Waals surface area contributed by atoms with Crippen LogP contribution in [0.4, 0.5) is 22.0 Å². The van der Waals surface area contributed by atoms with Crippen LogP contribution in [0.25, 0.3) is 0 Å². The van der Waals surface area contributed by atoms with E-state index in [2.05, 4.69) is 4.72 Å². The number of ether oxygens (including phenoxy) is 2. The highest BCUT2D eigenvalue weighted by atomic mass is 32.2. The second-order valence-electron chi connectivity index (χ2n) is 8.33. The summed E-state index contributed by atoms with van der Waals surface area (Å²) in [5, 5.41) is 0. The average molecular weight is 535 g/mol.